The van der Waals surface area contributed by atoms with Gasteiger partial charge in [-0.15, -0.1) is 0 Å². The highest BCUT2D eigenvalue weighted by Gasteiger charge is 2.41. The minimum absolute atomic E-state index is 0.00730. The van der Waals surface area contributed by atoms with Crippen molar-refractivity contribution in [3.63, 3.8) is 0 Å². The molecule has 0 aliphatic carbocycles. The molecule has 1 aliphatic heterocycles. The molecule has 34 heavy (non-hydrogen) atoms. The zero-order valence-electron chi connectivity index (χ0n) is 17.7. The summed E-state index contributed by atoms with van der Waals surface area (Å²) in [5.41, 5.74) is 1.33. The third-order valence-electron chi connectivity index (χ3n) is 5.58. The Kier molecular flexibility index (Phi) is 6.63. The van der Waals surface area contributed by atoms with Crippen molar-refractivity contribution in [2.45, 2.75) is 25.6 Å². The van der Waals surface area contributed by atoms with Crippen LogP contribution >= 0.6 is 0 Å². The maximum Gasteiger partial charge on any atom is 0.322 e. The molecule has 4 rings (SSSR count). The fourth-order valence-corrected chi connectivity index (χ4v) is 5.49. The quantitative estimate of drug-likeness (QED) is 0.532. The molecular weight excluding hydrogens is 471 g/mol. The van der Waals surface area contributed by atoms with Crippen molar-refractivity contribution < 1.29 is 36.2 Å². The van der Waals surface area contributed by atoms with Gasteiger partial charge in [0.1, 0.15) is 35.8 Å². The van der Waals surface area contributed by atoms with Crippen molar-refractivity contribution in [1.82, 2.24) is 4.31 Å². The Morgan fingerprint density at radius 1 is 1.00 bits per heavy atom. The van der Waals surface area contributed by atoms with Crippen LogP contribution in [0.1, 0.15) is 17.5 Å². The largest absolute Gasteiger partial charge is 0.489 e. The number of hydrogen-bond acceptors (Lipinski definition) is 4. The molecule has 0 aromatic heterocycles. The Balaban J connectivity index is 1.46. The molecule has 10 heteroatoms. The summed E-state index contributed by atoms with van der Waals surface area (Å²) < 4.78 is 72.4. The van der Waals surface area contributed by atoms with Gasteiger partial charge in [0.25, 0.3) is 0 Å². The van der Waals surface area contributed by atoms with E-state index in [2.05, 4.69) is 0 Å². The third-order valence-corrected chi connectivity index (χ3v) is 7.43. The van der Waals surface area contributed by atoms with Crippen LogP contribution in [0.2, 0.25) is 0 Å². The van der Waals surface area contributed by atoms with E-state index in [1.165, 1.54) is 24.3 Å². The molecule has 3 aromatic carbocycles. The number of sulfonamides is 1. The van der Waals surface area contributed by atoms with Crippen molar-refractivity contribution in [1.29, 1.82) is 0 Å². The lowest BCUT2D eigenvalue weighted by molar-refractivity contribution is -0.141. The number of benzene rings is 3. The summed E-state index contributed by atoms with van der Waals surface area (Å²) in [6.07, 6.45) is -0.00730. The lowest BCUT2D eigenvalue weighted by Gasteiger charge is -2.20. The zero-order chi connectivity index (χ0) is 24.5. The standard InChI is InChI=1S/C24H20F3NO5S/c25-18-4-7-20(22(27)12-18)16-2-5-19(6-3-16)33-14-17-11-15(1-8-21(17)26)13-28-23(24(29)30)9-10-34(28,31)32/h1-8,11-12,23H,9-10,13-14H2,(H,29,30). The number of nitrogens with zero attached hydrogens (tertiary/aromatic N) is 1. The predicted octanol–water partition coefficient (Wildman–Crippen LogP) is 4.34. The van der Waals surface area contributed by atoms with Crippen LogP contribution in [0.25, 0.3) is 11.1 Å². The fraction of sp³-hybridized carbons (Fsp3) is 0.208. The molecule has 1 N–H and O–H groups in total. The normalized spacial score (nSPS) is 17.6. The smallest absolute Gasteiger partial charge is 0.322 e. The predicted molar refractivity (Wildman–Crippen MR) is 118 cm³/mol. The maximum atomic E-state index is 14.3. The van der Waals surface area contributed by atoms with Crippen LogP contribution in [-0.2, 0) is 28.0 Å². The molecule has 1 unspecified atom stereocenters. The molecule has 6 nitrogen and oxygen atoms in total. The first kappa shape index (κ1) is 23.8. The molecule has 1 heterocycles. The molecule has 0 radical (unpaired) electrons. The number of hydrogen-bond donors (Lipinski definition) is 1. The number of ether oxygens (including phenoxy) is 1. The Labute approximate surface area is 194 Å². The van der Waals surface area contributed by atoms with E-state index < -0.39 is 39.5 Å². The number of carboxylic acid groups (broad SMARTS) is 1. The highest BCUT2D eigenvalue weighted by Crippen LogP contribution is 2.27. The minimum Gasteiger partial charge on any atom is -0.489 e. The molecule has 3 aromatic rings. The summed E-state index contributed by atoms with van der Waals surface area (Å²) in [5, 5.41) is 9.30. The van der Waals surface area contributed by atoms with Gasteiger partial charge in [0.15, 0.2) is 0 Å². The average molecular weight is 491 g/mol. The zero-order valence-corrected chi connectivity index (χ0v) is 18.6. The van der Waals surface area contributed by atoms with Crippen LogP contribution in [0.3, 0.4) is 0 Å². The molecule has 178 valence electrons. The summed E-state index contributed by atoms with van der Waals surface area (Å²) in [7, 11) is -3.71. The van der Waals surface area contributed by atoms with Crippen LogP contribution in [0, 0.1) is 17.5 Å². The van der Waals surface area contributed by atoms with Gasteiger partial charge < -0.3 is 9.84 Å². The molecule has 1 aliphatic rings. The van der Waals surface area contributed by atoms with Crippen LogP contribution in [-0.4, -0.2) is 35.6 Å². The van der Waals surface area contributed by atoms with Crippen LogP contribution < -0.4 is 4.74 Å². The highest BCUT2D eigenvalue weighted by atomic mass is 32.2. The molecule has 1 saturated heterocycles. The van der Waals surface area contributed by atoms with Crippen LogP contribution in [0.4, 0.5) is 13.2 Å². The Morgan fingerprint density at radius 2 is 1.74 bits per heavy atom. The molecular formula is C24H20F3NO5S. The molecule has 1 fully saturated rings. The van der Waals surface area contributed by atoms with Crippen LogP contribution in [0.5, 0.6) is 5.75 Å². The van der Waals surface area contributed by atoms with Crippen LogP contribution in [0.15, 0.2) is 60.7 Å². The minimum atomic E-state index is -3.71. The number of carbonyl (C=O) groups is 1. The first-order valence-corrected chi connectivity index (χ1v) is 11.9. The molecule has 0 bridgehead atoms. The van der Waals surface area contributed by atoms with E-state index in [9.17, 15) is 31.5 Å². The molecule has 0 spiro atoms. The SMILES string of the molecule is O=C(O)C1CCS(=O)(=O)N1Cc1ccc(F)c(COc2ccc(-c3ccc(F)cc3F)cc2)c1. The van der Waals surface area contributed by atoms with Crippen molar-refractivity contribution in [2.24, 2.45) is 0 Å². The van der Waals surface area contributed by atoms with Crippen molar-refractivity contribution in [2.75, 3.05) is 5.75 Å². The number of aliphatic carboxylic acids is 1. The van der Waals surface area contributed by atoms with E-state index in [-0.39, 0.29) is 36.5 Å². The van der Waals surface area contributed by atoms with Gasteiger partial charge in [0.2, 0.25) is 10.0 Å². The first-order valence-electron chi connectivity index (χ1n) is 10.3. The summed E-state index contributed by atoms with van der Waals surface area (Å²) in [6, 6.07) is 12.4. The molecule has 0 saturated carbocycles. The average Bonchev–Trinajstić information content (AvgIpc) is 3.09. The Morgan fingerprint density at radius 3 is 2.41 bits per heavy atom. The van der Waals surface area contributed by atoms with E-state index >= 15 is 0 Å². The second-order valence-corrected chi connectivity index (χ2v) is 9.91. The highest BCUT2D eigenvalue weighted by molar-refractivity contribution is 7.89. The molecule has 0 amide bonds. The van der Waals surface area contributed by atoms with Gasteiger partial charge in [0, 0.05) is 23.7 Å². The van der Waals surface area contributed by atoms with Gasteiger partial charge in [-0.3, -0.25) is 4.79 Å². The van der Waals surface area contributed by atoms with Gasteiger partial charge in [-0.1, -0.05) is 18.2 Å². The van der Waals surface area contributed by atoms with E-state index in [4.69, 9.17) is 4.74 Å². The van der Waals surface area contributed by atoms with Gasteiger partial charge in [-0.25, -0.2) is 21.6 Å². The third kappa shape index (κ3) is 5.07. The van der Waals surface area contributed by atoms with Gasteiger partial charge >= 0.3 is 5.97 Å². The molecule has 1 atom stereocenters. The first-order chi connectivity index (χ1) is 16.1. The van der Waals surface area contributed by atoms with E-state index in [0.29, 0.717) is 16.9 Å². The lowest BCUT2D eigenvalue weighted by atomic mass is 10.1. The van der Waals surface area contributed by atoms with E-state index in [1.54, 1.807) is 24.3 Å². The second kappa shape index (κ2) is 9.47. The Hall–Kier alpha value is -3.37. The van der Waals surface area contributed by atoms with Crippen molar-refractivity contribution >= 4 is 16.0 Å². The van der Waals surface area contributed by atoms with Gasteiger partial charge in [-0.05, 0) is 53.9 Å². The monoisotopic (exact) mass is 491 g/mol. The van der Waals surface area contributed by atoms with E-state index in [0.717, 1.165) is 16.4 Å². The summed E-state index contributed by atoms with van der Waals surface area (Å²) >= 11 is 0. The maximum absolute atomic E-state index is 14.3. The number of halogens is 3. The van der Waals surface area contributed by atoms with Crippen molar-refractivity contribution in [3.8, 4) is 16.9 Å². The summed E-state index contributed by atoms with van der Waals surface area (Å²) in [4.78, 5) is 11.4. The lowest BCUT2D eigenvalue weighted by Crippen LogP contribution is -2.37. The summed E-state index contributed by atoms with van der Waals surface area (Å²) in [5.74, 6) is -3.03. The summed E-state index contributed by atoms with van der Waals surface area (Å²) in [6.45, 7) is -0.358. The van der Waals surface area contributed by atoms with E-state index in [1.807, 2.05) is 0 Å². The van der Waals surface area contributed by atoms with Crippen molar-refractivity contribution in [3.05, 3.63) is 89.2 Å². The number of rotatable bonds is 7. The topological polar surface area (TPSA) is 83.9 Å². The fourth-order valence-electron chi connectivity index (χ4n) is 3.80. The van der Waals surface area contributed by atoms with Gasteiger partial charge in [0.05, 0.1) is 5.75 Å². The Bertz CT molecular complexity index is 1330. The number of carboxylic acids is 1. The van der Waals surface area contributed by atoms with Gasteiger partial charge in [-0.2, -0.15) is 4.31 Å². The second-order valence-electron chi connectivity index (χ2n) is 7.87.